The standard InChI is InChI=1S/C14H16N2O4/c1-8-13(9(2)20-16-8)11-5-3-10(4-6-11)12(17)7-15-14(18)19/h3-6,12,15,17H,7H2,1-2H3,(H,18,19)/t12-/m0/s1. The molecule has 0 saturated carbocycles. The van der Waals surface area contributed by atoms with Crippen molar-refractivity contribution in [3.8, 4) is 11.1 Å². The van der Waals surface area contributed by atoms with Crippen molar-refractivity contribution < 1.29 is 19.5 Å². The van der Waals surface area contributed by atoms with Gasteiger partial charge in [0.25, 0.3) is 0 Å². The number of nitrogens with zero attached hydrogens (tertiary/aromatic N) is 1. The second kappa shape index (κ2) is 5.75. The van der Waals surface area contributed by atoms with E-state index in [-0.39, 0.29) is 6.54 Å². The molecule has 0 fully saturated rings. The molecule has 1 aromatic heterocycles. The molecule has 3 N–H and O–H groups in total. The lowest BCUT2D eigenvalue weighted by atomic mass is 10.0. The van der Waals surface area contributed by atoms with Crippen molar-refractivity contribution in [3.05, 3.63) is 41.3 Å². The van der Waals surface area contributed by atoms with Gasteiger partial charge in [-0.25, -0.2) is 4.79 Å². The molecular formula is C14H16N2O4. The van der Waals surface area contributed by atoms with Gasteiger partial charge in [0.05, 0.1) is 18.3 Å². The minimum absolute atomic E-state index is 0.0417. The number of benzene rings is 1. The maximum atomic E-state index is 10.4. The molecule has 2 rings (SSSR count). The average Bonchev–Trinajstić information content (AvgIpc) is 2.76. The van der Waals surface area contributed by atoms with Crippen LogP contribution in [0.3, 0.4) is 0 Å². The Balaban J connectivity index is 2.16. The summed E-state index contributed by atoms with van der Waals surface area (Å²) in [5.41, 5.74) is 3.34. The summed E-state index contributed by atoms with van der Waals surface area (Å²) in [4.78, 5) is 10.4. The zero-order valence-electron chi connectivity index (χ0n) is 11.3. The van der Waals surface area contributed by atoms with Gasteiger partial charge in [0.15, 0.2) is 0 Å². The summed E-state index contributed by atoms with van der Waals surface area (Å²) in [5.74, 6) is 0.739. The van der Waals surface area contributed by atoms with Crippen LogP contribution in [0.5, 0.6) is 0 Å². The van der Waals surface area contributed by atoms with Crippen LogP contribution in [0.2, 0.25) is 0 Å². The van der Waals surface area contributed by atoms with Crippen molar-refractivity contribution >= 4 is 6.09 Å². The van der Waals surface area contributed by atoms with Gasteiger partial charge >= 0.3 is 6.09 Å². The van der Waals surface area contributed by atoms with Gasteiger partial charge in [-0.3, -0.25) is 0 Å². The van der Waals surface area contributed by atoms with E-state index >= 15 is 0 Å². The summed E-state index contributed by atoms with van der Waals surface area (Å²) < 4.78 is 5.12. The highest BCUT2D eigenvalue weighted by Crippen LogP contribution is 2.27. The summed E-state index contributed by atoms with van der Waals surface area (Å²) in [6.45, 7) is 3.67. The third-order valence-corrected chi connectivity index (χ3v) is 3.06. The van der Waals surface area contributed by atoms with Crippen LogP contribution in [0.15, 0.2) is 28.8 Å². The van der Waals surface area contributed by atoms with Crippen molar-refractivity contribution in [2.75, 3.05) is 6.54 Å². The molecule has 0 saturated heterocycles. The van der Waals surface area contributed by atoms with Gasteiger partial charge in [0.2, 0.25) is 0 Å². The lowest BCUT2D eigenvalue weighted by Gasteiger charge is -2.11. The van der Waals surface area contributed by atoms with Crippen LogP contribution in [0.25, 0.3) is 11.1 Å². The highest BCUT2D eigenvalue weighted by molar-refractivity contribution is 5.67. The number of aryl methyl sites for hydroxylation is 2. The molecule has 1 atom stereocenters. The van der Waals surface area contributed by atoms with Gasteiger partial charge in [-0.2, -0.15) is 0 Å². The molecule has 0 bridgehead atoms. The summed E-state index contributed by atoms with van der Waals surface area (Å²) in [6, 6.07) is 7.22. The Morgan fingerprint density at radius 3 is 2.50 bits per heavy atom. The van der Waals surface area contributed by atoms with Gasteiger partial charge in [-0.05, 0) is 25.0 Å². The van der Waals surface area contributed by atoms with Crippen LogP contribution in [0.1, 0.15) is 23.1 Å². The second-order valence-corrected chi connectivity index (χ2v) is 4.52. The first-order valence-electron chi connectivity index (χ1n) is 6.17. The normalized spacial score (nSPS) is 12.2. The predicted molar refractivity (Wildman–Crippen MR) is 72.4 cm³/mol. The molecule has 0 aliphatic rings. The Morgan fingerprint density at radius 1 is 1.35 bits per heavy atom. The van der Waals surface area contributed by atoms with Crippen LogP contribution >= 0.6 is 0 Å². The molecule has 1 heterocycles. The van der Waals surface area contributed by atoms with Gasteiger partial charge < -0.3 is 20.1 Å². The van der Waals surface area contributed by atoms with Crippen LogP contribution < -0.4 is 5.32 Å². The molecule has 1 amide bonds. The smallest absolute Gasteiger partial charge is 0.404 e. The van der Waals surface area contributed by atoms with Gasteiger partial charge in [0.1, 0.15) is 5.76 Å². The van der Waals surface area contributed by atoms with E-state index < -0.39 is 12.2 Å². The molecule has 0 aliphatic heterocycles. The number of rotatable bonds is 4. The third kappa shape index (κ3) is 2.97. The Bertz CT molecular complexity index is 585. The zero-order valence-corrected chi connectivity index (χ0v) is 11.3. The topological polar surface area (TPSA) is 95.6 Å². The van der Waals surface area contributed by atoms with Crippen LogP contribution in [0.4, 0.5) is 4.79 Å². The van der Waals surface area contributed by atoms with E-state index in [0.717, 1.165) is 22.6 Å². The van der Waals surface area contributed by atoms with Crippen molar-refractivity contribution in [1.29, 1.82) is 0 Å². The van der Waals surface area contributed by atoms with Crippen molar-refractivity contribution in [1.82, 2.24) is 10.5 Å². The molecule has 0 unspecified atom stereocenters. The highest BCUT2D eigenvalue weighted by Gasteiger charge is 2.13. The van der Waals surface area contributed by atoms with E-state index in [1.807, 2.05) is 26.0 Å². The van der Waals surface area contributed by atoms with E-state index in [1.165, 1.54) is 0 Å². The number of carboxylic acid groups (broad SMARTS) is 1. The lowest BCUT2D eigenvalue weighted by molar-refractivity contribution is 0.159. The van der Waals surface area contributed by atoms with Crippen LogP contribution in [0, 0.1) is 13.8 Å². The SMILES string of the molecule is Cc1noc(C)c1-c1ccc([C@@H](O)CNC(=O)O)cc1. The van der Waals surface area contributed by atoms with Crippen molar-refractivity contribution in [3.63, 3.8) is 0 Å². The lowest BCUT2D eigenvalue weighted by Crippen LogP contribution is -2.26. The highest BCUT2D eigenvalue weighted by atomic mass is 16.5. The zero-order chi connectivity index (χ0) is 14.7. The summed E-state index contributed by atoms with van der Waals surface area (Å²) >= 11 is 0. The molecule has 0 aliphatic carbocycles. The summed E-state index contributed by atoms with van der Waals surface area (Å²) in [7, 11) is 0. The Kier molecular flexibility index (Phi) is 4.05. The molecule has 106 valence electrons. The van der Waals surface area contributed by atoms with Crippen molar-refractivity contribution in [2.45, 2.75) is 20.0 Å². The van der Waals surface area contributed by atoms with E-state index in [1.54, 1.807) is 12.1 Å². The first-order chi connectivity index (χ1) is 9.49. The number of nitrogens with one attached hydrogen (secondary N) is 1. The maximum absolute atomic E-state index is 10.4. The average molecular weight is 276 g/mol. The molecular weight excluding hydrogens is 260 g/mol. The predicted octanol–water partition coefficient (Wildman–Crippen LogP) is 2.26. The minimum atomic E-state index is -1.16. The van der Waals surface area contributed by atoms with Crippen molar-refractivity contribution in [2.24, 2.45) is 0 Å². The molecule has 6 heteroatoms. The third-order valence-electron chi connectivity index (χ3n) is 3.06. The van der Waals surface area contributed by atoms with Gasteiger partial charge in [0, 0.05) is 5.56 Å². The number of aromatic nitrogens is 1. The van der Waals surface area contributed by atoms with E-state index in [9.17, 15) is 9.90 Å². The van der Waals surface area contributed by atoms with E-state index in [0.29, 0.717) is 5.56 Å². The van der Waals surface area contributed by atoms with Gasteiger partial charge in [-0.15, -0.1) is 0 Å². The van der Waals surface area contributed by atoms with Gasteiger partial charge in [-0.1, -0.05) is 29.4 Å². The fraction of sp³-hybridized carbons (Fsp3) is 0.286. The number of aliphatic hydroxyl groups excluding tert-OH is 1. The first-order valence-corrected chi connectivity index (χ1v) is 6.17. The Labute approximate surface area is 116 Å². The fourth-order valence-corrected chi connectivity index (χ4v) is 2.07. The number of amides is 1. The Hall–Kier alpha value is -2.34. The first kappa shape index (κ1) is 14.1. The van der Waals surface area contributed by atoms with Crippen LogP contribution in [-0.2, 0) is 0 Å². The number of aliphatic hydroxyl groups is 1. The second-order valence-electron chi connectivity index (χ2n) is 4.52. The molecule has 20 heavy (non-hydrogen) atoms. The molecule has 2 aromatic rings. The number of hydrogen-bond donors (Lipinski definition) is 3. The fourth-order valence-electron chi connectivity index (χ4n) is 2.07. The quantitative estimate of drug-likeness (QED) is 0.796. The summed E-state index contributed by atoms with van der Waals surface area (Å²) in [6.07, 6.45) is -2.03. The minimum Gasteiger partial charge on any atom is -0.465 e. The van der Waals surface area contributed by atoms with E-state index in [4.69, 9.17) is 9.63 Å². The largest absolute Gasteiger partial charge is 0.465 e. The van der Waals surface area contributed by atoms with E-state index in [2.05, 4.69) is 10.5 Å². The molecule has 0 radical (unpaired) electrons. The molecule has 6 nitrogen and oxygen atoms in total. The number of hydrogen-bond acceptors (Lipinski definition) is 4. The monoisotopic (exact) mass is 276 g/mol. The molecule has 1 aromatic carbocycles. The molecule has 0 spiro atoms. The number of carbonyl (C=O) groups is 1. The summed E-state index contributed by atoms with van der Waals surface area (Å²) in [5, 5.41) is 24.4. The maximum Gasteiger partial charge on any atom is 0.404 e. The Morgan fingerprint density at radius 2 is 2.00 bits per heavy atom. The van der Waals surface area contributed by atoms with Crippen LogP contribution in [-0.4, -0.2) is 28.0 Å².